The Labute approximate surface area is 106 Å². The number of hydrogen-bond donors (Lipinski definition) is 1. The fraction of sp³-hybridized carbons (Fsp3) is 0.385. The van der Waals surface area contributed by atoms with Crippen LogP contribution in [-0.2, 0) is 11.2 Å². The van der Waals surface area contributed by atoms with Gasteiger partial charge in [0.25, 0.3) is 6.20 Å². The van der Waals surface area contributed by atoms with E-state index in [4.69, 9.17) is 4.74 Å². The molecule has 2 rings (SSSR count). The van der Waals surface area contributed by atoms with Crippen LogP contribution < -0.4 is 4.90 Å². The van der Waals surface area contributed by atoms with Crippen LogP contribution in [0, 0.1) is 10.1 Å². The molecule has 0 aromatic heterocycles. The molecule has 1 aromatic carbocycles. The van der Waals surface area contributed by atoms with Gasteiger partial charge < -0.3 is 4.74 Å². The van der Waals surface area contributed by atoms with Gasteiger partial charge in [0.2, 0.25) is 0 Å². The molecular weight excluding hydrogens is 232 g/mol. The first-order chi connectivity index (χ1) is 8.75. The number of nitro groups is 1. The zero-order chi connectivity index (χ0) is 12.8. The Kier molecular flexibility index (Phi) is 4.44. The highest BCUT2D eigenvalue weighted by atomic mass is 16.6. The highest BCUT2D eigenvalue weighted by molar-refractivity contribution is 5.18. The summed E-state index contributed by atoms with van der Waals surface area (Å²) in [4.78, 5) is 11.5. The van der Waals surface area contributed by atoms with Gasteiger partial charge in [-0.1, -0.05) is 30.3 Å². The first-order valence-corrected chi connectivity index (χ1v) is 6.06. The second-order valence-electron chi connectivity index (χ2n) is 4.32. The molecule has 1 saturated heterocycles. The normalized spacial score (nSPS) is 17.7. The highest BCUT2D eigenvalue weighted by Gasteiger charge is 2.22. The van der Waals surface area contributed by atoms with E-state index in [0.29, 0.717) is 19.6 Å². The molecule has 1 aliphatic heterocycles. The van der Waals surface area contributed by atoms with Crippen molar-refractivity contribution in [2.45, 2.75) is 6.42 Å². The molecule has 0 amide bonds. The van der Waals surface area contributed by atoms with Gasteiger partial charge in [-0.05, 0) is 5.56 Å². The number of benzene rings is 1. The minimum atomic E-state index is -0.360. The van der Waals surface area contributed by atoms with Crippen molar-refractivity contribution in [3.05, 3.63) is 57.9 Å². The van der Waals surface area contributed by atoms with Gasteiger partial charge in [-0.25, -0.2) is 0 Å². The van der Waals surface area contributed by atoms with Crippen molar-refractivity contribution in [2.24, 2.45) is 0 Å². The molecule has 0 bridgehead atoms. The van der Waals surface area contributed by atoms with Crippen LogP contribution in [0.1, 0.15) is 5.56 Å². The van der Waals surface area contributed by atoms with E-state index in [-0.39, 0.29) is 4.92 Å². The Morgan fingerprint density at radius 3 is 2.61 bits per heavy atom. The number of ether oxygens (including phenoxy) is 1. The summed E-state index contributed by atoms with van der Waals surface area (Å²) in [6, 6.07) is 9.84. The third kappa shape index (κ3) is 3.65. The number of hydrogen-bond acceptors (Lipinski definition) is 3. The third-order valence-corrected chi connectivity index (χ3v) is 3.05. The molecule has 5 heteroatoms. The molecule has 0 unspecified atom stereocenters. The maximum atomic E-state index is 10.7. The maximum Gasteiger partial charge on any atom is 0.290 e. The average molecular weight is 249 g/mol. The zero-order valence-electron chi connectivity index (χ0n) is 10.2. The van der Waals surface area contributed by atoms with Gasteiger partial charge in [0, 0.05) is 0 Å². The number of rotatable bonds is 4. The van der Waals surface area contributed by atoms with E-state index in [1.54, 1.807) is 0 Å². The summed E-state index contributed by atoms with van der Waals surface area (Å²) in [5, 5.41) is 10.7. The van der Waals surface area contributed by atoms with Gasteiger partial charge in [0.15, 0.2) is 5.70 Å². The van der Waals surface area contributed by atoms with Gasteiger partial charge >= 0.3 is 0 Å². The number of nitrogens with zero attached hydrogens (tertiary/aromatic N) is 1. The van der Waals surface area contributed by atoms with Crippen molar-refractivity contribution < 1.29 is 14.6 Å². The molecule has 0 aliphatic carbocycles. The Morgan fingerprint density at radius 2 is 2.00 bits per heavy atom. The van der Waals surface area contributed by atoms with E-state index in [9.17, 15) is 10.1 Å². The summed E-state index contributed by atoms with van der Waals surface area (Å²) in [6.07, 6.45) is 1.77. The van der Waals surface area contributed by atoms with Gasteiger partial charge in [-0.3, -0.25) is 15.0 Å². The minimum absolute atomic E-state index is 0.360. The molecule has 0 spiro atoms. The molecular formula is C13H17N2O3+. The molecule has 1 N–H and O–H groups in total. The van der Waals surface area contributed by atoms with Crippen LogP contribution in [-0.4, -0.2) is 31.2 Å². The van der Waals surface area contributed by atoms with Gasteiger partial charge in [-0.2, -0.15) is 0 Å². The topological polar surface area (TPSA) is 56.8 Å². The first kappa shape index (κ1) is 12.7. The number of nitrogens with one attached hydrogen (secondary N) is 1. The zero-order valence-corrected chi connectivity index (χ0v) is 10.2. The van der Waals surface area contributed by atoms with Crippen LogP contribution in [0.2, 0.25) is 0 Å². The molecule has 0 atom stereocenters. The lowest BCUT2D eigenvalue weighted by atomic mass is 10.1. The number of quaternary nitrogens is 1. The second kappa shape index (κ2) is 6.28. The van der Waals surface area contributed by atoms with E-state index in [1.165, 1.54) is 0 Å². The fourth-order valence-electron chi connectivity index (χ4n) is 2.14. The first-order valence-electron chi connectivity index (χ1n) is 6.06. The lowest BCUT2D eigenvalue weighted by molar-refractivity contribution is -0.872. The molecule has 0 saturated carbocycles. The standard InChI is InChI=1S/C13H16N2O3/c16-15(17)11-13(14-6-8-18-9-7-14)10-12-4-2-1-3-5-12/h1-5,11H,6-10H2/p+1/b13-11+. The van der Waals surface area contributed by atoms with Crippen molar-refractivity contribution in [3.8, 4) is 0 Å². The minimum Gasteiger partial charge on any atom is -0.370 e. The lowest BCUT2D eigenvalue weighted by Gasteiger charge is -2.24. The molecule has 1 heterocycles. The summed E-state index contributed by atoms with van der Waals surface area (Å²) < 4.78 is 5.29. The van der Waals surface area contributed by atoms with Crippen LogP contribution >= 0.6 is 0 Å². The Morgan fingerprint density at radius 1 is 1.33 bits per heavy atom. The van der Waals surface area contributed by atoms with Crippen molar-refractivity contribution in [1.29, 1.82) is 0 Å². The largest absolute Gasteiger partial charge is 0.370 e. The van der Waals surface area contributed by atoms with E-state index in [0.717, 1.165) is 35.4 Å². The number of allylic oxidation sites excluding steroid dienone is 1. The number of morpholine rings is 1. The molecule has 1 aliphatic rings. The van der Waals surface area contributed by atoms with Crippen LogP contribution in [0.15, 0.2) is 42.2 Å². The summed E-state index contributed by atoms with van der Waals surface area (Å²) >= 11 is 0. The van der Waals surface area contributed by atoms with Crippen LogP contribution in [0.25, 0.3) is 0 Å². The van der Waals surface area contributed by atoms with E-state index >= 15 is 0 Å². The van der Waals surface area contributed by atoms with E-state index < -0.39 is 0 Å². The van der Waals surface area contributed by atoms with Crippen LogP contribution in [0.5, 0.6) is 0 Å². The highest BCUT2D eigenvalue weighted by Crippen LogP contribution is 2.04. The Hall–Kier alpha value is -1.72. The van der Waals surface area contributed by atoms with Crippen molar-refractivity contribution >= 4 is 0 Å². The van der Waals surface area contributed by atoms with Crippen molar-refractivity contribution in [1.82, 2.24) is 0 Å². The summed E-state index contributed by atoms with van der Waals surface area (Å²) in [6.45, 7) is 2.93. The second-order valence-corrected chi connectivity index (χ2v) is 4.32. The average Bonchev–Trinajstić information content (AvgIpc) is 2.40. The smallest absolute Gasteiger partial charge is 0.290 e. The van der Waals surface area contributed by atoms with Gasteiger partial charge in [-0.15, -0.1) is 0 Å². The molecule has 18 heavy (non-hydrogen) atoms. The molecule has 96 valence electrons. The van der Waals surface area contributed by atoms with Gasteiger partial charge in [0.1, 0.15) is 13.1 Å². The summed E-state index contributed by atoms with van der Waals surface area (Å²) in [7, 11) is 0. The molecule has 5 nitrogen and oxygen atoms in total. The molecule has 0 radical (unpaired) electrons. The quantitative estimate of drug-likeness (QED) is 0.615. The van der Waals surface area contributed by atoms with Crippen molar-refractivity contribution in [2.75, 3.05) is 26.3 Å². The fourth-order valence-corrected chi connectivity index (χ4v) is 2.14. The third-order valence-electron chi connectivity index (χ3n) is 3.05. The van der Waals surface area contributed by atoms with Crippen LogP contribution in [0.3, 0.4) is 0 Å². The van der Waals surface area contributed by atoms with Crippen molar-refractivity contribution in [3.63, 3.8) is 0 Å². The predicted molar refractivity (Wildman–Crippen MR) is 66.7 cm³/mol. The molecule has 1 fully saturated rings. The van der Waals surface area contributed by atoms with Gasteiger partial charge in [0.05, 0.1) is 24.6 Å². The SMILES string of the molecule is O=[N+]([O-])/C=C(\Cc1ccccc1)[NH+]1CCOCC1. The summed E-state index contributed by atoms with van der Waals surface area (Å²) in [5.74, 6) is 0. The van der Waals surface area contributed by atoms with E-state index in [1.807, 2.05) is 30.3 Å². The predicted octanol–water partition coefficient (Wildman–Crippen LogP) is 0.262. The van der Waals surface area contributed by atoms with Crippen LogP contribution in [0.4, 0.5) is 0 Å². The Balaban J connectivity index is 2.12. The Bertz CT molecular complexity index is 425. The maximum absolute atomic E-state index is 10.7. The van der Waals surface area contributed by atoms with E-state index in [2.05, 4.69) is 0 Å². The summed E-state index contributed by atoms with van der Waals surface area (Å²) in [5.41, 5.74) is 1.93. The lowest BCUT2D eigenvalue weighted by Crippen LogP contribution is -3.12. The monoisotopic (exact) mass is 249 g/mol. The molecule has 1 aromatic rings.